The average molecular weight is 599 g/mol. The highest BCUT2D eigenvalue weighted by molar-refractivity contribution is 5.97. The van der Waals surface area contributed by atoms with E-state index in [9.17, 15) is 19.2 Å². The second-order valence-electron chi connectivity index (χ2n) is 9.84. The minimum atomic E-state index is -1.28. The van der Waals surface area contributed by atoms with Gasteiger partial charge in [-0.05, 0) is 43.2 Å². The van der Waals surface area contributed by atoms with Crippen molar-refractivity contribution < 1.29 is 43.3 Å². The Kier molecular flexibility index (Phi) is 11.0. The van der Waals surface area contributed by atoms with Gasteiger partial charge in [-0.3, -0.25) is 19.2 Å². The molecule has 0 radical (unpaired) electrons. The lowest BCUT2D eigenvalue weighted by atomic mass is 10.0. The van der Waals surface area contributed by atoms with Crippen molar-refractivity contribution in [2.75, 3.05) is 27.3 Å². The SMILES string of the molecule is COC(=O)[C@@H]1Oc2cc(ccc2OC)C(=O)N[C@@H](C(C)C)CN(C(=O)c2cnc3cccnn23)CC(=O)N[C@H]1C.O=CO. The molecule has 3 amide bonds. The predicted molar refractivity (Wildman–Crippen MR) is 151 cm³/mol. The van der Waals surface area contributed by atoms with Crippen molar-refractivity contribution in [3.63, 3.8) is 0 Å². The summed E-state index contributed by atoms with van der Waals surface area (Å²) in [5.74, 6) is -1.93. The molecule has 1 aromatic carbocycles. The molecule has 0 spiro atoms. The molecule has 43 heavy (non-hydrogen) atoms. The lowest BCUT2D eigenvalue weighted by molar-refractivity contribution is -0.150. The molecule has 4 rings (SSSR count). The van der Waals surface area contributed by atoms with E-state index >= 15 is 0 Å². The number of carboxylic acid groups (broad SMARTS) is 1. The van der Waals surface area contributed by atoms with Gasteiger partial charge in [0, 0.05) is 24.3 Å². The fourth-order valence-corrected chi connectivity index (χ4v) is 4.33. The number of ether oxygens (including phenoxy) is 3. The summed E-state index contributed by atoms with van der Waals surface area (Å²) in [6, 6.07) is 6.57. The molecule has 3 N–H and O–H groups in total. The molecule has 3 aromatic rings. The van der Waals surface area contributed by atoms with Crippen molar-refractivity contribution in [1.82, 2.24) is 30.1 Å². The second-order valence-corrected chi connectivity index (χ2v) is 9.84. The van der Waals surface area contributed by atoms with Gasteiger partial charge >= 0.3 is 5.97 Å². The number of rotatable bonds is 4. The number of methoxy groups -OCH3 is 2. The maximum atomic E-state index is 13.7. The summed E-state index contributed by atoms with van der Waals surface area (Å²) in [6.07, 6.45) is 1.63. The number of aromatic nitrogens is 3. The van der Waals surface area contributed by atoms with Crippen LogP contribution in [0.5, 0.6) is 11.5 Å². The van der Waals surface area contributed by atoms with Gasteiger partial charge in [-0.25, -0.2) is 14.3 Å². The molecule has 0 fully saturated rings. The minimum Gasteiger partial charge on any atom is -0.493 e. The normalized spacial score (nSPS) is 19.1. The largest absolute Gasteiger partial charge is 0.493 e. The van der Waals surface area contributed by atoms with Gasteiger partial charge in [0.2, 0.25) is 12.0 Å². The third-order valence-corrected chi connectivity index (χ3v) is 6.61. The van der Waals surface area contributed by atoms with Crippen LogP contribution in [0.15, 0.2) is 42.7 Å². The van der Waals surface area contributed by atoms with Crippen molar-refractivity contribution >= 4 is 35.8 Å². The van der Waals surface area contributed by atoms with Crippen LogP contribution >= 0.6 is 0 Å². The third-order valence-electron chi connectivity index (χ3n) is 6.61. The highest BCUT2D eigenvalue weighted by Gasteiger charge is 2.33. The molecule has 2 aromatic heterocycles. The zero-order valence-corrected chi connectivity index (χ0v) is 24.3. The van der Waals surface area contributed by atoms with Crippen LogP contribution in [0.2, 0.25) is 0 Å². The summed E-state index contributed by atoms with van der Waals surface area (Å²) in [5, 5.41) is 16.8. The van der Waals surface area contributed by atoms with Crippen molar-refractivity contribution in [3.05, 3.63) is 54.0 Å². The summed E-state index contributed by atoms with van der Waals surface area (Å²) >= 11 is 0. The zero-order chi connectivity index (χ0) is 31.7. The van der Waals surface area contributed by atoms with Crippen LogP contribution in [0.4, 0.5) is 0 Å². The quantitative estimate of drug-likeness (QED) is 0.284. The molecule has 15 heteroatoms. The fourth-order valence-electron chi connectivity index (χ4n) is 4.33. The Morgan fingerprint density at radius 2 is 1.91 bits per heavy atom. The molecular formula is C28H34N6O9. The Labute approximate surface area is 247 Å². The van der Waals surface area contributed by atoms with Crippen molar-refractivity contribution in [2.24, 2.45) is 5.92 Å². The van der Waals surface area contributed by atoms with Crippen LogP contribution < -0.4 is 20.1 Å². The van der Waals surface area contributed by atoms with E-state index < -0.39 is 41.9 Å². The Hall–Kier alpha value is -5.21. The molecule has 230 valence electrons. The highest BCUT2D eigenvalue weighted by atomic mass is 16.6. The van der Waals surface area contributed by atoms with E-state index in [-0.39, 0.29) is 48.2 Å². The molecule has 3 heterocycles. The highest BCUT2D eigenvalue weighted by Crippen LogP contribution is 2.30. The van der Waals surface area contributed by atoms with Gasteiger partial charge in [-0.2, -0.15) is 5.10 Å². The number of carbonyl (C=O) groups excluding carboxylic acids is 4. The third kappa shape index (κ3) is 7.75. The maximum absolute atomic E-state index is 13.7. The van der Waals surface area contributed by atoms with Crippen molar-refractivity contribution in [2.45, 2.75) is 39.0 Å². The molecule has 0 unspecified atom stereocenters. The predicted octanol–water partition coefficient (Wildman–Crippen LogP) is 0.774. The lowest BCUT2D eigenvalue weighted by Crippen LogP contribution is -2.54. The zero-order valence-electron chi connectivity index (χ0n) is 24.3. The summed E-state index contributed by atoms with van der Waals surface area (Å²) in [4.78, 5) is 66.9. The van der Waals surface area contributed by atoms with Crippen LogP contribution in [0.1, 0.15) is 41.6 Å². The molecular weight excluding hydrogens is 564 g/mol. The van der Waals surface area contributed by atoms with Crippen LogP contribution in [0, 0.1) is 5.92 Å². The molecule has 1 aliphatic heterocycles. The standard InChI is InChI=1S/C27H32N6O7.CH2O2/c1-15(2)18-13-32(26(36)19-12-28-22-7-6-10-29-33(19)22)14-23(34)30-16(3)24(27(37)39-5)40-21-11-17(25(35)31-18)8-9-20(21)38-4;2-1-3/h6-12,15-16,18,24H,13-14H2,1-5H3,(H,30,34)(H,31,35);1H,(H,2,3)/t16-,18+,24+;/m0./s1. The smallest absolute Gasteiger partial charge is 0.349 e. The number of amides is 3. The molecule has 0 aliphatic carbocycles. The number of nitrogens with zero attached hydrogens (tertiary/aromatic N) is 4. The molecule has 0 saturated heterocycles. The number of esters is 1. The van der Waals surface area contributed by atoms with E-state index in [0.29, 0.717) is 5.65 Å². The van der Waals surface area contributed by atoms with E-state index in [1.54, 1.807) is 31.2 Å². The summed E-state index contributed by atoms with van der Waals surface area (Å²) in [7, 11) is 2.63. The van der Waals surface area contributed by atoms with Gasteiger partial charge in [-0.1, -0.05) is 13.8 Å². The second kappa shape index (κ2) is 14.6. The molecule has 0 saturated carbocycles. The van der Waals surface area contributed by atoms with Gasteiger partial charge in [0.05, 0.1) is 33.0 Å². The topological polar surface area (TPSA) is 191 Å². The maximum Gasteiger partial charge on any atom is 0.349 e. The van der Waals surface area contributed by atoms with Gasteiger partial charge in [0.25, 0.3) is 18.3 Å². The molecule has 2 bridgehead atoms. The molecule has 3 atom stereocenters. The molecule has 15 nitrogen and oxygen atoms in total. The summed E-state index contributed by atoms with van der Waals surface area (Å²) in [5.41, 5.74) is 0.873. The first-order chi connectivity index (χ1) is 20.5. The number of nitrogens with one attached hydrogen (secondary N) is 2. The van der Waals surface area contributed by atoms with Crippen LogP contribution in [-0.2, 0) is 19.1 Å². The van der Waals surface area contributed by atoms with E-state index in [4.69, 9.17) is 24.1 Å². The number of hydrogen-bond donors (Lipinski definition) is 3. The average Bonchev–Trinajstić information content (AvgIpc) is 3.42. The van der Waals surface area contributed by atoms with E-state index in [2.05, 4.69) is 20.7 Å². The summed E-state index contributed by atoms with van der Waals surface area (Å²) < 4.78 is 17.6. The van der Waals surface area contributed by atoms with E-state index in [0.717, 1.165) is 0 Å². The first kappa shape index (κ1) is 32.3. The molecule has 1 aliphatic rings. The lowest BCUT2D eigenvalue weighted by Gasteiger charge is -2.31. The first-order valence-electron chi connectivity index (χ1n) is 13.2. The van der Waals surface area contributed by atoms with Gasteiger partial charge < -0.3 is 34.9 Å². The Morgan fingerprint density at radius 1 is 1.19 bits per heavy atom. The number of hydrogen-bond acceptors (Lipinski definition) is 10. The number of benzene rings is 1. The number of imidazole rings is 1. The monoisotopic (exact) mass is 598 g/mol. The van der Waals surface area contributed by atoms with E-state index in [1.165, 1.54) is 42.1 Å². The van der Waals surface area contributed by atoms with Crippen molar-refractivity contribution in [3.8, 4) is 11.5 Å². The Balaban J connectivity index is 0.00000162. The minimum absolute atomic E-state index is 0.0179. The van der Waals surface area contributed by atoms with Crippen molar-refractivity contribution in [1.29, 1.82) is 0 Å². The summed E-state index contributed by atoms with van der Waals surface area (Å²) in [6.45, 7) is 4.77. The van der Waals surface area contributed by atoms with Gasteiger partial charge in [-0.15, -0.1) is 0 Å². The van der Waals surface area contributed by atoms with E-state index in [1.807, 2.05) is 13.8 Å². The first-order valence-corrected chi connectivity index (χ1v) is 13.2. The number of carbonyl (C=O) groups is 5. The number of fused-ring (bicyclic) bond motifs is 3. The Bertz CT molecular complexity index is 1470. The van der Waals surface area contributed by atoms with Gasteiger partial charge in [0.1, 0.15) is 0 Å². The van der Waals surface area contributed by atoms with Crippen LogP contribution in [-0.4, -0.2) is 100 Å². The van der Waals surface area contributed by atoms with Gasteiger partial charge in [0.15, 0.2) is 22.8 Å². The fraction of sp³-hybridized carbons (Fsp3) is 0.393. The van der Waals surface area contributed by atoms with Crippen LogP contribution in [0.3, 0.4) is 0 Å². The van der Waals surface area contributed by atoms with Crippen LogP contribution in [0.25, 0.3) is 5.65 Å². The Morgan fingerprint density at radius 3 is 2.56 bits per heavy atom.